The zero-order valence-corrected chi connectivity index (χ0v) is 10.8. The molecule has 0 spiro atoms. The molecule has 3 rings (SSSR count). The van der Waals surface area contributed by atoms with Crippen LogP contribution in [0.25, 0.3) is 0 Å². The Kier molecular flexibility index (Phi) is 2.54. The smallest absolute Gasteiger partial charge is 0.224 e. The van der Waals surface area contributed by atoms with E-state index < -0.39 is 0 Å². The normalized spacial score (nSPS) is 31.7. The molecule has 0 radical (unpaired) electrons. The molecule has 0 aromatic heterocycles. The van der Waals surface area contributed by atoms with Gasteiger partial charge in [0.1, 0.15) is 0 Å². The summed E-state index contributed by atoms with van der Waals surface area (Å²) >= 11 is 0. The van der Waals surface area contributed by atoms with E-state index in [0.717, 1.165) is 24.2 Å². The lowest BCUT2D eigenvalue weighted by atomic mass is 9.73. The maximum Gasteiger partial charge on any atom is 0.224 e. The first kappa shape index (κ1) is 11.5. The number of carbonyl (C=O) groups is 2. The first-order chi connectivity index (χ1) is 8.58. The number of rotatable bonds is 0. The van der Waals surface area contributed by atoms with Gasteiger partial charge < -0.3 is 10.6 Å². The predicted octanol–water partition coefficient (Wildman–Crippen LogP) is 1.60. The summed E-state index contributed by atoms with van der Waals surface area (Å²) in [6, 6.07) is 0. The van der Waals surface area contributed by atoms with Crippen LogP contribution in [0.5, 0.6) is 0 Å². The van der Waals surface area contributed by atoms with Gasteiger partial charge in [0.15, 0.2) is 0 Å². The molecule has 4 heteroatoms. The van der Waals surface area contributed by atoms with Crippen LogP contribution in [0.1, 0.15) is 39.5 Å². The Morgan fingerprint density at radius 3 is 1.67 bits per heavy atom. The van der Waals surface area contributed by atoms with E-state index in [0.29, 0.717) is 18.8 Å². The lowest BCUT2D eigenvalue weighted by Crippen LogP contribution is -2.42. The third-order valence-electron chi connectivity index (χ3n) is 4.39. The molecule has 1 aliphatic carbocycles. The first-order valence-corrected chi connectivity index (χ1v) is 6.63. The van der Waals surface area contributed by atoms with Crippen LogP contribution >= 0.6 is 0 Å². The quantitative estimate of drug-likeness (QED) is 0.682. The maximum atomic E-state index is 11.5. The highest BCUT2D eigenvalue weighted by Gasteiger charge is 2.37. The molecule has 0 atom stereocenters. The fourth-order valence-electron chi connectivity index (χ4n) is 3.38. The highest BCUT2D eigenvalue weighted by Crippen LogP contribution is 2.42. The monoisotopic (exact) mass is 246 g/mol. The molecule has 3 aliphatic rings. The third-order valence-corrected chi connectivity index (χ3v) is 4.39. The third kappa shape index (κ3) is 1.59. The molecule has 18 heavy (non-hydrogen) atoms. The predicted molar refractivity (Wildman–Crippen MR) is 67.1 cm³/mol. The van der Waals surface area contributed by atoms with E-state index in [-0.39, 0.29) is 17.7 Å². The molecule has 0 saturated heterocycles. The van der Waals surface area contributed by atoms with Crippen LogP contribution in [-0.4, -0.2) is 11.8 Å². The standard InChI is InChI=1S/C14H18N2O2/c1-7-9-3-5-11(17)15-13(9)8(2)14-10(7)4-6-12(18)16-14/h7-8H,3-6H2,1-2H3,(H,15,17)(H,16,18). The molecule has 0 unspecified atom stereocenters. The van der Waals surface area contributed by atoms with Crippen LogP contribution in [0.15, 0.2) is 22.5 Å². The molecule has 96 valence electrons. The van der Waals surface area contributed by atoms with E-state index in [9.17, 15) is 9.59 Å². The fraction of sp³-hybridized carbons (Fsp3) is 0.571. The minimum atomic E-state index is 0.0963. The Bertz CT molecular complexity index is 458. The van der Waals surface area contributed by atoms with Crippen molar-refractivity contribution in [1.82, 2.24) is 10.6 Å². The first-order valence-electron chi connectivity index (χ1n) is 6.63. The molecule has 2 N–H and O–H groups in total. The molecular weight excluding hydrogens is 228 g/mol. The highest BCUT2D eigenvalue weighted by molar-refractivity contribution is 5.82. The van der Waals surface area contributed by atoms with Crippen molar-refractivity contribution in [1.29, 1.82) is 0 Å². The molecule has 0 bridgehead atoms. The number of hydrogen-bond donors (Lipinski definition) is 2. The summed E-state index contributed by atoms with van der Waals surface area (Å²) < 4.78 is 0. The number of amides is 2. The van der Waals surface area contributed by atoms with E-state index in [2.05, 4.69) is 24.5 Å². The van der Waals surface area contributed by atoms with Gasteiger partial charge in [-0.1, -0.05) is 13.8 Å². The van der Waals surface area contributed by atoms with Crippen molar-refractivity contribution in [2.75, 3.05) is 0 Å². The molecule has 2 heterocycles. The second-order valence-corrected chi connectivity index (χ2v) is 5.42. The summed E-state index contributed by atoms with van der Waals surface area (Å²) in [5.41, 5.74) is 4.77. The summed E-state index contributed by atoms with van der Waals surface area (Å²) in [5, 5.41) is 6.00. The van der Waals surface area contributed by atoms with Crippen molar-refractivity contribution in [3.8, 4) is 0 Å². The van der Waals surface area contributed by atoms with Gasteiger partial charge in [0.2, 0.25) is 11.8 Å². The van der Waals surface area contributed by atoms with E-state index in [1.54, 1.807) is 0 Å². The van der Waals surface area contributed by atoms with Crippen molar-refractivity contribution in [2.45, 2.75) is 39.5 Å². The van der Waals surface area contributed by atoms with E-state index in [1.165, 1.54) is 11.1 Å². The number of hydrogen-bond acceptors (Lipinski definition) is 2. The molecule has 4 nitrogen and oxygen atoms in total. The summed E-state index contributed by atoms with van der Waals surface area (Å²) in [7, 11) is 0. The molecular formula is C14H18N2O2. The Morgan fingerprint density at radius 2 is 1.22 bits per heavy atom. The van der Waals surface area contributed by atoms with Crippen molar-refractivity contribution in [2.24, 2.45) is 11.8 Å². The van der Waals surface area contributed by atoms with Gasteiger partial charge in [-0.15, -0.1) is 0 Å². The molecule has 0 aromatic rings. The van der Waals surface area contributed by atoms with Gasteiger partial charge in [-0.2, -0.15) is 0 Å². The zero-order valence-electron chi connectivity index (χ0n) is 10.8. The zero-order chi connectivity index (χ0) is 12.9. The van der Waals surface area contributed by atoms with Crippen LogP contribution < -0.4 is 10.6 Å². The van der Waals surface area contributed by atoms with Gasteiger partial charge >= 0.3 is 0 Å². The van der Waals surface area contributed by atoms with Crippen molar-refractivity contribution in [3.63, 3.8) is 0 Å². The van der Waals surface area contributed by atoms with Gasteiger partial charge in [-0.05, 0) is 24.0 Å². The number of allylic oxidation sites excluding steroid dienone is 2. The van der Waals surface area contributed by atoms with Crippen LogP contribution in [-0.2, 0) is 9.59 Å². The van der Waals surface area contributed by atoms with Crippen LogP contribution in [0.2, 0.25) is 0 Å². The highest BCUT2D eigenvalue weighted by atomic mass is 16.2. The lowest BCUT2D eigenvalue weighted by molar-refractivity contribution is -0.121. The SMILES string of the molecule is CC1C2=C(NC(=O)CC2)C(C)C2=C1CCC(=O)N2. The van der Waals surface area contributed by atoms with E-state index >= 15 is 0 Å². The van der Waals surface area contributed by atoms with E-state index in [4.69, 9.17) is 0 Å². The Labute approximate surface area is 107 Å². The van der Waals surface area contributed by atoms with E-state index in [1.807, 2.05) is 0 Å². The van der Waals surface area contributed by atoms with Gasteiger partial charge in [0.25, 0.3) is 0 Å². The Morgan fingerprint density at radius 1 is 0.778 bits per heavy atom. The number of carbonyl (C=O) groups excluding carboxylic acids is 2. The van der Waals surface area contributed by atoms with Crippen LogP contribution in [0, 0.1) is 11.8 Å². The molecule has 2 aliphatic heterocycles. The fourth-order valence-corrected chi connectivity index (χ4v) is 3.38. The number of nitrogens with one attached hydrogen (secondary N) is 2. The summed E-state index contributed by atoms with van der Waals surface area (Å²) in [6.07, 6.45) is 2.89. The molecule has 0 fully saturated rings. The van der Waals surface area contributed by atoms with Crippen LogP contribution in [0.3, 0.4) is 0 Å². The van der Waals surface area contributed by atoms with Gasteiger partial charge in [-0.3, -0.25) is 9.59 Å². The summed E-state index contributed by atoms with van der Waals surface area (Å²) in [5.74, 6) is 0.657. The topological polar surface area (TPSA) is 58.2 Å². The average molecular weight is 246 g/mol. The summed E-state index contributed by atoms with van der Waals surface area (Å²) in [4.78, 5) is 23.1. The van der Waals surface area contributed by atoms with Gasteiger partial charge in [0.05, 0.1) is 0 Å². The lowest BCUT2D eigenvalue weighted by Gasteiger charge is -2.39. The van der Waals surface area contributed by atoms with Crippen molar-refractivity contribution < 1.29 is 9.59 Å². The minimum absolute atomic E-state index is 0.0963. The Balaban J connectivity index is 2.02. The molecule has 0 saturated carbocycles. The van der Waals surface area contributed by atoms with Crippen LogP contribution in [0.4, 0.5) is 0 Å². The Hall–Kier alpha value is -1.58. The minimum Gasteiger partial charge on any atom is -0.329 e. The second-order valence-electron chi connectivity index (χ2n) is 5.42. The maximum absolute atomic E-state index is 11.5. The largest absolute Gasteiger partial charge is 0.329 e. The average Bonchev–Trinajstić information content (AvgIpc) is 2.35. The molecule has 0 aromatic carbocycles. The van der Waals surface area contributed by atoms with Crippen molar-refractivity contribution in [3.05, 3.63) is 22.5 Å². The summed E-state index contributed by atoms with van der Waals surface area (Å²) in [6.45, 7) is 4.25. The van der Waals surface area contributed by atoms with Gasteiger partial charge in [-0.25, -0.2) is 0 Å². The van der Waals surface area contributed by atoms with Crippen molar-refractivity contribution >= 4 is 11.8 Å². The van der Waals surface area contributed by atoms with Gasteiger partial charge in [0, 0.05) is 36.1 Å². The second kappa shape index (κ2) is 3.97. The molecule has 2 amide bonds.